The smallest absolute Gasteiger partial charge is 0.225 e. The normalized spacial score (nSPS) is 13.8. The van der Waals surface area contributed by atoms with Gasteiger partial charge in [0.25, 0.3) is 0 Å². The van der Waals surface area contributed by atoms with Crippen molar-refractivity contribution in [3.05, 3.63) is 59.7 Å². The van der Waals surface area contributed by atoms with Gasteiger partial charge in [0, 0.05) is 44.4 Å². The molecule has 2 aromatic rings. The summed E-state index contributed by atoms with van der Waals surface area (Å²) in [6, 6.07) is 15.7. The highest BCUT2D eigenvalue weighted by atomic mass is 16.2. The average molecular weight is 337 g/mol. The lowest BCUT2D eigenvalue weighted by atomic mass is 10.00. The molecule has 2 aromatic carbocycles. The summed E-state index contributed by atoms with van der Waals surface area (Å²) in [5.41, 5.74) is 4.15. The summed E-state index contributed by atoms with van der Waals surface area (Å²) in [6.07, 6.45) is 1.49. The molecule has 0 bridgehead atoms. The fraction of sp³-hybridized carbons (Fsp3) is 0.300. The van der Waals surface area contributed by atoms with E-state index in [-0.39, 0.29) is 11.8 Å². The van der Waals surface area contributed by atoms with Crippen LogP contribution < -0.4 is 10.6 Å². The van der Waals surface area contributed by atoms with Gasteiger partial charge in [0.05, 0.1) is 0 Å². The molecular formula is C20H23N3O2. The zero-order valence-electron chi connectivity index (χ0n) is 14.4. The third kappa shape index (κ3) is 4.90. The summed E-state index contributed by atoms with van der Waals surface area (Å²) >= 11 is 0. The van der Waals surface area contributed by atoms with Crippen LogP contribution in [0.5, 0.6) is 0 Å². The molecule has 0 unspecified atom stereocenters. The Bertz CT molecular complexity index is 773. The van der Waals surface area contributed by atoms with Crippen molar-refractivity contribution in [2.45, 2.75) is 26.3 Å². The number of hydrogen-bond donors (Lipinski definition) is 2. The highest BCUT2D eigenvalue weighted by Crippen LogP contribution is 2.19. The Morgan fingerprint density at radius 1 is 1.00 bits per heavy atom. The summed E-state index contributed by atoms with van der Waals surface area (Å²) < 4.78 is 0. The minimum absolute atomic E-state index is 0.0150. The van der Waals surface area contributed by atoms with Crippen molar-refractivity contribution >= 4 is 23.2 Å². The zero-order chi connectivity index (χ0) is 17.6. The molecule has 25 heavy (non-hydrogen) atoms. The maximum Gasteiger partial charge on any atom is 0.225 e. The van der Waals surface area contributed by atoms with Crippen LogP contribution in [0.1, 0.15) is 24.5 Å². The van der Waals surface area contributed by atoms with Crippen LogP contribution in [0.2, 0.25) is 0 Å². The molecule has 2 N–H and O–H groups in total. The first kappa shape index (κ1) is 17.2. The zero-order valence-corrected chi connectivity index (χ0v) is 14.4. The van der Waals surface area contributed by atoms with E-state index in [1.54, 1.807) is 12.1 Å². The second-order valence-electron chi connectivity index (χ2n) is 6.36. The molecule has 0 radical (unpaired) electrons. The molecule has 0 saturated heterocycles. The number of benzene rings is 2. The van der Waals surface area contributed by atoms with Gasteiger partial charge < -0.3 is 10.6 Å². The van der Waals surface area contributed by atoms with Crippen molar-refractivity contribution in [1.82, 2.24) is 4.90 Å². The summed E-state index contributed by atoms with van der Waals surface area (Å²) in [6.45, 7) is 4.09. The van der Waals surface area contributed by atoms with Crippen LogP contribution in [0.25, 0.3) is 0 Å². The van der Waals surface area contributed by atoms with Gasteiger partial charge in [0.15, 0.2) is 0 Å². The molecule has 0 aromatic heterocycles. The predicted molar refractivity (Wildman–Crippen MR) is 99.4 cm³/mol. The van der Waals surface area contributed by atoms with Crippen LogP contribution in [0, 0.1) is 0 Å². The first-order valence-corrected chi connectivity index (χ1v) is 8.57. The van der Waals surface area contributed by atoms with E-state index in [9.17, 15) is 9.59 Å². The van der Waals surface area contributed by atoms with Crippen LogP contribution in [-0.2, 0) is 22.6 Å². The molecule has 1 aliphatic rings. The lowest BCUT2D eigenvalue weighted by Crippen LogP contribution is -2.33. The van der Waals surface area contributed by atoms with Gasteiger partial charge in [-0.2, -0.15) is 0 Å². The SMILES string of the molecule is CC(=O)Nc1cccc(NC(=O)CCN2CCc3ccccc3C2)c1. The minimum Gasteiger partial charge on any atom is -0.326 e. The van der Waals surface area contributed by atoms with Gasteiger partial charge >= 0.3 is 0 Å². The summed E-state index contributed by atoms with van der Waals surface area (Å²) in [5, 5.41) is 5.61. The second kappa shape index (κ2) is 7.94. The molecule has 0 atom stereocenters. The van der Waals surface area contributed by atoms with Gasteiger partial charge in [0.1, 0.15) is 0 Å². The topological polar surface area (TPSA) is 61.4 Å². The average Bonchev–Trinajstić information content (AvgIpc) is 2.59. The van der Waals surface area contributed by atoms with Crippen LogP contribution >= 0.6 is 0 Å². The fourth-order valence-electron chi connectivity index (χ4n) is 3.11. The molecule has 5 nitrogen and oxygen atoms in total. The van der Waals surface area contributed by atoms with E-state index in [4.69, 9.17) is 0 Å². The molecule has 0 aliphatic carbocycles. The van der Waals surface area contributed by atoms with Crippen LogP contribution in [0.3, 0.4) is 0 Å². The number of amides is 2. The molecule has 0 saturated carbocycles. The predicted octanol–water partition coefficient (Wildman–Crippen LogP) is 3.03. The van der Waals surface area contributed by atoms with E-state index in [1.807, 2.05) is 12.1 Å². The van der Waals surface area contributed by atoms with Crippen molar-refractivity contribution in [2.75, 3.05) is 23.7 Å². The van der Waals surface area contributed by atoms with Crippen LogP contribution in [0.15, 0.2) is 48.5 Å². The maximum absolute atomic E-state index is 12.2. The molecule has 3 rings (SSSR count). The second-order valence-corrected chi connectivity index (χ2v) is 6.36. The van der Waals surface area contributed by atoms with E-state index in [2.05, 4.69) is 39.8 Å². The number of fused-ring (bicyclic) bond motifs is 1. The number of carbonyl (C=O) groups excluding carboxylic acids is 2. The first-order chi connectivity index (χ1) is 12.1. The number of nitrogens with one attached hydrogen (secondary N) is 2. The van der Waals surface area contributed by atoms with Crippen molar-refractivity contribution in [1.29, 1.82) is 0 Å². The minimum atomic E-state index is -0.131. The Labute approximate surface area is 148 Å². The molecule has 1 heterocycles. The van der Waals surface area contributed by atoms with E-state index in [0.29, 0.717) is 17.8 Å². The molecule has 0 spiro atoms. The number of hydrogen-bond acceptors (Lipinski definition) is 3. The van der Waals surface area contributed by atoms with E-state index >= 15 is 0 Å². The monoisotopic (exact) mass is 337 g/mol. The third-order valence-corrected chi connectivity index (χ3v) is 4.33. The third-order valence-electron chi connectivity index (χ3n) is 4.33. The molecule has 130 valence electrons. The number of carbonyl (C=O) groups is 2. The molecular weight excluding hydrogens is 314 g/mol. The lowest BCUT2D eigenvalue weighted by molar-refractivity contribution is -0.116. The Morgan fingerprint density at radius 3 is 2.48 bits per heavy atom. The van der Waals surface area contributed by atoms with Gasteiger partial charge in [-0.3, -0.25) is 14.5 Å². The fourth-order valence-corrected chi connectivity index (χ4v) is 3.11. The number of nitrogens with zero attached hydrogens (tertiary/aromatic N) is 1. The number of anilines is 2. The number of rotatable bonds is 5. The summed E-state index contributed by atoms with van der Waals surface area (Å²) in [7, 11) is 0. The lowest BCUT2D eigenvalue weighted by Gasteiger charge is -2.28. The Morgan fingerprint density at radius 2 is 1.72 bits per heavy atom. The maximum atomic E-state index is 12.2. The summed E-state index contributed by atoms with van der Waals surface area (Å²) in [5.74, 6) is -0.146. The Hall–Kier alpha value is -2.66. The Balaban J connectivity index is 1.50. The summed E-state index contributed by atoms with van der Waals surface area (Å²) in [4.78, 5) is 25.6. The van der Waals surface area contributed by atoms with Gasteiger partial charge in [-0.1, -0.05) is 30.3 Å². The molecule has 2 amide bonds. The molecule has 5 heteroatoms. The van der Waals surface area contributed by atoms with Crippen LogP contribution in [0.4, 0.5) is 11.4 Å². The van der Waals surface area contributed by atoms with Gasteiger partial charge in [0.2, 0.25) is 11.8 Å². The highest BCUT2D eigenvalue weighted by Gasteiger charge is 2.16. The molecule has 1 aliphatic heterocycles. The quantitative estimate of drug-likeness (QED) is 0.881. The highest BCUT2D eigenvalue weighted by molar-refractivity contribution is 5.93. The van der Waals surface area contributed by atoms with Gasteiger partial charge in [-0.05, 0) is 35.7 Å². The first-order valence-electron chi connectivity index (χ1n) is 8.57. The van der Waals surface area contributed by atoms with Crippen LogP contribution in [-0.4, -0.2) is 29.8 Å². The van der Waals surface area contributed by atoms with Crippen molar-refractivity contribution in [3.63, 3.8) is 0 Å². The molecule has 0 fully saturated rings. The Kier molecular flexibility index (Phi) is 5.46. The van der Waals surface area contributed by atoms with Crippen molar-refractivity contribution in [3.8, 4) is 0 Å². The van der Waals surface area contributed by atoms with Gasteiger partial charge in [-0.25, -0.2) is 0 Å². The standard InChI is InChI=1S/C20H23N3O2/c1-15(24)21-18-7-4-8-19(13-18)22-20(25)10-12-23-11-9-16-5-2-3-6-17(16)14-23/h2-8,13H,9-12,14H2,1H3,(H,21,24)(H,22,25). The van der Waals surface area contributed by atoms with E-state index in [0.717, 1.165) is 26.1 Å². The van der Waals surface area contributed by atoms with E-state index < -0.39 is 0 Å². The van der Waals surface area contributed by atoms with Crippen molar-refractivity contribution in [2.24, 2.45) is 0 Å². The van der Waals surface area contributed by atoms with Gasteiger partial charge in [-0.15, -0.1) is 0 Å². The largest absolute Gasteiger partial charge is 0.326 e. The van der Waals surface area contributed by atoms with E-state index in [1.165, 1.54) is 18.1 Å². The van der Waals surface area contributed by atoms with Crippen molar-refractivity contribution < 1.29 is 9.59 Å².